The minimum absolute atomic E-state index is 0.138. The molecule has 0 saturated heterocycles. The second-order valence-corrected chi connectivity index (χ2v) is 4.23. The van der Waals surface area contributed by atoms with Gasteiger partial charge in [-0.2, -0.15) is 0 Å². The molecule has 3 rings (SSSR count). The molecular formula is C13H14N2O. The van der Waals surface area contributed by atoms with Gasteiger partial charge in [-0.05, 0) is 19.4 Å². The zero-order chi connectivity index (χ0) is 11.1. The normalized spacial score (nSPS) is 14.6. The van der Waals surface area contributed by atoms with Gasteiger partial charge >= 0.3 is 0 Å². The number of benzene rings is 1. The molecule has 0 radical (unpaired) electrons. The third-order valence-corrected chi connectivity index (χ3v) is 3.17. The molecule has 3 heteroatoms. The molecular weight excluding hydrogens is 200 g/mol. The van der Waals surface area contributed by atoms with Crippen molar-refractivity contribution in [2.75, 3.05) is 11.9 Å². The molecule has 0 amide bonds. The number of fused-ring (bicyclic) bond motifs is 3. The Bertz CT molecular complexity index is 569. The van der Waals surface area contributed by atoms with Crippen LogP contribution in [-0.2, 0) is 6.54 Å². The van der Waals surface area contributed by atoms with Crippen LogP contribution in [-0.4, -0.2) is 16.9 Å². The molecule has 1 aliphatic heterocycles. The quantitative estimate of drug-likeness (QED) is 0.740. The fourth-order valence-electron chi connectivity index (χ4n) is 2.52. The number of para-hydroxylation sites is 1. The summed E-state index contributed by atoms with van der Waals surface area (Å²) in [6.07, 6.45) is 1.11. The SMILES string of the molecule is CC(=O)c1c2n(c3ccccc13)CCCN2. The average Bonchev–Trinajstić information content (AvgIpc) is 2.63. The fourth-order valence-corrected chi connectivity index (χ4v) is 2.52. The second kappa shape index (κ2) is 3.37. The summed E-state index contributed by atoms with van der Waals surface area (Å²) in [5, 5.41) is 4.41. The van der Waals surface area contributed by atoms with E-state index in [1.807, 2.05) is 18.2 Å². The van der Waals surface area contributed by atoms with Gasteiger partial charge in [-0.1, -0.05) is 18.2 Å². The summed E-state index contributed by atoms with van der Waals surface area (Å²) in [5.41, 5.74) is 2.00. The fraction of sp³-hybridized carbons (Fsp3) is 0.308. The summed E-state index contributed by atoms with van der Waals surface area (Å²) in [6.45, 7) is 3.59. The Morgan fingerprint density at radius 1 is 1.38 bits per heavy atom. The molecule has 3 nitrogen and oxygen atoms in total. The number of hydrogen-bond donors (Lipinski definition) is 1. The highest BCUT2D eigenvalue weighted by atomic mass is 16.1. The first-order valence-corrected chi connectivity index (χ1v) is 5.65. The summed E-state index contributed by atoms with van der Waals surface area (Å²) in [5.74, 6) is 1.14. The third-order valence-electron chi connectivity index (χ3n) is 3.17. The second-order valence-electron chi connectivity index (χ2n) is 4.23. The molecule has 1 N–H and O–H groups in total. The van der Waals surface area contributed by atoms with Gasteiger partial charge in [-0.15, -0.1) is 0 Å². The van der Waals surface area contributed by atoms with Crippen LogP contribution in [0.5, 0.6) is 0 Å². The lowest BCUT2D eigenvalue weighted by Gasteiger charge is -2.18. The van der Waals surface area contributed by atoms with Crippen LogP contribution < -0.4 is 5.32 Å². The van der Waals surface area contributed by atoms with Crippen LogP contribution in [0.4, 0.5) is 5.82 Å². The monoisotopic (exact) mass is 214 g/mol. The van der Waals surface area contributed by atoms with Gasteiger partial charge in [-0.3, -0.25) is 4.79 Å². The van der Waals surface area contributed by atoms with Gasteiger partial charge in [0.2, 0.25) is 0 Å². The first-order chi connectivity index (χ1) is 7.79. The molecule has 0 unspecified atom stereocenters. The number of carbonyl (C=O) groups excluding carboxylic acids is 1. The van der Waals surface area contributed by atoms with E-state index in [2.05, 4.69) is 16.0 Å². The molecule has 0 spiro atoms. The van der Waals surface area contributed by atoms with E-state index in [0.717, 1.165) is 41.8 Å². The van der Waals surface area contributed by atoms with Crippen molar-refractivity contribution >= 4 is 22.5 Å². The number of aromatic nitrogens is 1. The van der Waals surface area contributed by atoms with Crippen LogP contribution in [0.25, 0.3) is 10.9 Å². The van der Waals surface area contributed by atoms with Crippen LogP contribution >= 0.6 is 0 Å². The molecule has 1 aromatic heterocycles. The molecule has 82 valence electrons. The Labute approximate surface area is 94.1 Å². The number of Topliss-reactive ketones (excluding diaryl/α,β-unsaturated/α-hetero) is 1. The van der Waals surface area contributed by atoms with E-state index in [4.69, 9.17) is 0 Å². The minimum atomic E-state index is 0.138. The van der Waals surface area contributed by atoms with Crippen molar-refractivity contribution in [2.24, 2.45) is 0 Å². The maximum Gasteiger partial charge on any atom is 0.164 e. The third kappa shape index (κ3) is 1.18. The summed E-state index contributed by atoms with van der Waals surface area (Å²) >= 11 is 0. The van der Waals surface area contributed by atoms with E-state index < -0.39 is 0 Å². The number of rotatable bonds is 1. The highest BCUT2D eigenvalue weighted by Crippen LogP contribution is 2.32. The van der Waals surface area contributed by atoms with E-state index in [-0.39, 0.29) is 5.78 Å². The molecule has 0 bridgehead atoms. The minimum Gasteiger partial charge on any atom is -0.371 e. The molecule has 2 heterocycles. The van der Waals surface area contributed by atoms with Crippen LogP contribution in [0, 0.1) is 0 Å². The lowest BCUT2D eigenvalue weighted by Crippen LogP contribution is -2.18. The van der Waals surface area contributed by atoms with Crippen molar-refractivity contribution in [3.63, 3.8) is 0 Å². The van der Waals surface area contributed by atoms with Crippen molar-refractivity contribution in [1.29, 1.82) is 0 Å². The molecule has 0 fully saturated rings. The number of hydrogen-bond acceptors (Lipinski definition) is 2. The van der Waals surface area contributed by atoms with Crippen molar-refractivity contribution < 1.29 is 4.79 Å². The Balaban J connectivity index is 2.41. The smallest absolute Gasteiger partial charge is 0.164 e. The van der Waals surface area contributed by atoms with Gasteiger partial charge in [0.25, 0.3) is 0 Å². The lowest BCUT2D eigenvalue weighted by molar-refractivity contribution is 0.102. The van der Waals surface area contributed by atoms with E-state index in [1.165, 1.54) is 0 Å². The number of aryl methyl sites for hydroxylation is 1. The van der Waals surface area contributed by atoms with Crippen molar-refractivity contribution in [1.82, 2.24) is 4.57 Å². The Morgan fingerprint density at radius 3 is 3.00 bits per heavy atom. The standard InChI is InChI=1S/C13H14N2O/c1-9(16)12-10-5-2-3-6-11(10)15-8-4-7-14-13(12)15/h2-3,5-6,14H,4,7-8H2,1H3. The van der Waals surface area contributed by atoms with Gasteiger partial charge in [0.05, 0.1) is 11.1 Å². The van der Waals surface area contributed by atoms with Crippen molar-refractivity contribution in [3.05, 3.63) is 29.8 Å². The maximum absolute atomic E-state index is 11.7. The highest BCUT2D eigenvalue weighted by molar-refractivity contribution is 6.12. The molecule has 1 aromatic carbocycles. The number of nitrogens with one attached hydrogen (secondary N) is 1. The Hall–Kier alpha value is -1.77. The first kappa shape index (κ1) is 9.46. The molecule has 0 atom stereocenters. The van der Waals surface area contributed by atoms with Gasteiger partial charge in [-0.25, -0.2) is 0 Å². The Morgan fingerprint density at radius 2 is 2.19 bits per heavy atom. The molecule has 1 aliphatic rings. The molecule has 2 aromatic rings. The zero-order valence-electron chi connectivity index (χ0n) is 9.29. The van der Waals surface area contributed by atoms with Crippen molar-refractivity contribution in [2.45, 2.75) is 19.9 Å². The average molecular weight is 214 g/mol. The zero-order valence-corrected chi connectivity index (χ0v) is 9.29. The predicted octanol–water partition coefficient (Wildman–Crippen LogP) is 2.66. The van der Waals surface area contributed by atoms with Gasteiger partial charge in [0, 0.05) is 18.5 Å². The van der Waals surface area contributed by atoms with Crippen LogP contribution in [0.15, 0.2) is 24.3 Å². The highest BCUT2D eigenvalue weighted by Gasteiger charge is 2.21. The summed E-state index contributed by atoms with van der Waals surface area (Å²) in [6, 6.07) is 8.12. The van der Waals surface area contributed by atoms with Gasteiger partial charge in [0.1, 0.15) is 5.82 Å². The first-order valence-electron chi connectivity index (χ1n) is 5.65. The number of ketones is 1. The van der Waals surface area contributed by atoms with Crippen LogP contribution in [0.1, 0.15) is 23.7 Å². The maximum atomic E-state index is 11.7. The number of anilines is 1. The van der Waals surface area contributed by atoms with E-state index in [0.29, 0.717) is 0 Å². The number of nitrogens with zero attached hydrogens (tertiary/aromatic N) is 1. The van der Waals surface area contributed by atoms with Gasteiger partial charge in [0.15, 0.2) is 5.78 Å². The summed E-state index contributed by atoms with van der Waals surface area (Å²) < 4.78 is 2.22. The van der Waals surface area contributed by atoms with E-state index >= 15 is 0 Å². The van der Waals surface area contributed by atoms with Gasteiger partial charge < -0.3 is 9.88 Å². The number of carbonyl (C=O) groups is 1. The lowest BCUT2D eigenvalue weighted by atomic mass is 10.1. The van der Waals surface area contributed by atoms with Crippen molar-refractivity contribution in [3.8, 4) is 0 Å². The summed E-state index contributed by atoms with van der Waals surface area (Å²) in [7, 11) is 0. The van der Waals surface area contributed by atoms with E-state index in [9.17, 15) is 4.79 Å². The van der Waals surface area contributed by atoms with E-state index in [1.54, 1.807) is 6.92 Å². The van der Waals surface area contributed by atoms with Crippen LogP contribution in [0.3, 0.4) is 0 Å². The predicted molar refractivity (Wildman–Crippen MR) is 65.0 cm³/mol. The topological polar surface area (TPSA) is 34.0 Å². The molecule has 0 aliphatic carbocycles. The largest absolute Gasteiger partial charge is 0.371 e. The summed E-state index contributed by atoms with van der Waals surface area (Å²) in [4.78, 5) is 11.7. The molecule has 16 heavy (non-hydrogen) atoms. The van der Waals surface area contributed by atoms with Crippen LogP contribution in [0.2, 0.25) is 0 Å². The molecule has 0 saturated carbocycles. The Kier molecular flexibility index (Phi) is 1.99.